The summed E-state index contributed by atoms with van der Waals surface area (Å²) in [5, 5.41) is 2.92. The van der Waals surface area contributed by atoms with Crippen LogP contribution in [0.4, 0.5) is 8.78 Å². The van der Waals surface area contributed by atoms with Crippen molar-refractivity contribution in [2.24, 2.45) is 0 Å². The van der Waals surface area contributed by atoms with Crippen molar-refractivity contribution in [2.75, 3.05) is 6.54 Å². The highest BCUT2D eigenvalue weighted by molar-refractivity contribution is 5.34. The van der Waals surface area contributed by atoms with Gasteiger partial charge in [-0.25, -0.2) is 8.78 Å². The van der Waals surface area contributed by atoms with Crippen LogP contribution < -0.4 is 5.32 Å². The lowest BCUT2D eigenvalue weighted by Crippen LogP contribution is -2.37. The van der Waals surface area contributed by atoms with Crippen molar-refractivity contribution in [1.82, 2.24) is 5.32 Å². The molecule has 0 radical (unpaired) electrons. The van der Waals surface area contributed by atoms with Gasteiger partial charge >= 0.3 is 0 Å². The molecule has 70 valence electrons. The molecule has 1 N–H and O–H groups in total. The second-order valence-corrected chi connectivity index (χ2v) is 3.60. The first-order chi connectivity index (χ1) is 6.09. The Balaban J connectivity index is 2.53. The molecule has 0 aliphatic carbocycles. The predicted octanol–water partition coefficient (Wildman–Crippen LogP) is 2.11. The van der Waals surface area contributed by atoms with Gasteiger partial charge in [0.05, 0.1) is 0 Å². The monoisotopic (exact) mass is 183 g/mol. The molecular formula is C10H11F2N. The van der Waals surface area contributed by atoms with Gasteiger partial charge in [-0.1, -0.05) is 6.07 Å². The maximum absolute atomic E-state index is 13.8. The molecule has 0 fully saturated rings. The molecule has 0 saturated carbocycles. The summed E-state index contributed by atoms with van der Waals surface area (Å²) in [5.74, 6) is -0.307. The molecule has 0 spiro atoms. The number of halogens is 2. The molecule has 1 unspecified atom stereocenters. The van der Waals surface area contributed by atoms with Crippen molar-refractivity contribution in [2.45, 2.75) is 19.1 Å². The fourth-order valence-corrected chi connectivity index (χ4v) is 1.74. The number of hydrogen-bond acceptors (Lipinski definition) is 1. The summed E-state index contributed by atoms with van der Waals surface area (Å²) in [6.45, 7) is 2.36. The van der Waals surface area contributed by atoms with Gasteiger partial charge in [0.1, 0.15) is 11.5 Å². The molecule has 0 amide bonds. The first-order valence-electron chi connectivity index (χ1n) is 4.28. The lowest BCUT2D eigenvalue weighted by molar-refractivity contribution is 0.173. The number of hydrogen-bond donors (Lipinski definition) is 1. The van der Waals surface area contributed by atoms with Gasteiger partial charge in [0.25, 0.3) is 0 Å². The molecule has 1 aromatic carbocycles. The van der Waals surface area contributed by atoms with Crippen molar-refractivity contribution in [3.63, 3.8) is 0 Å². The van der Waals surface area contributed by atoms with Gasteiger partial charge in [-0.15, -0.1) is 0 Å². The van der Waals surface area contributed by atoms with Crippen LogP contribution in [0.3, 0.4) is 0 Å². The molecule has 0 bridgehead atoms. The highest BCUT2D eigenvalue weighted by Crippen LogP contribution is 2.31. The van der Waals surface area contributed by atoms with E-state index in [1.807, 2.05) is 0 Å². The van der Waals surface area contributed by atoms with E-state index in [1.54, 1.807) is 0 Å². The topological polar surface area (TPSA) is 12.0 Å². The van der Waals surface area contributed by atoms with Crippen molar-refractivity contribution in [1.29, 1.82) is 0 Å². The molecule has 13 heavy (non-hydrogen) atoms. The van der Waals surface area contributed by atoms with Gasteiger partial charge in [-0.2, -0.15) is 0 Å². The summed E-state index contributed by atoms with van der Waals surface area (Å²) < 4.78 is 26.6. The molecular weight excluding hydrogens is 172 g/mol. The van der Waals surface area contributed by atoms with E-state index in [0.29, 0.717) is 18.7 Å². The first-order valence-corrected chi connectivity index (χ1v) is 4.28. The summed E-state index contributed by atoms with van der Waals surface area (Å²) in [5.41, 5.74) is -0.0507. The maximum Gasteiger partial charge on any atom is 0.145 e. The normalized spacial score (nSPS) is 27.0. The van der Waals surface area contributed by atoms with Gasteiger partial charge in [-0.3, -0.25) is 0 Å². The molecule has 1 nitrogen and oxygen atoms in total. The van der Waals surface area contributed by atoms with Gasteiger partial charge < -0.3 is 5.32 Å². The van der Waals surface area contributed by atoms with Gasteiger partial charge in [0.2, 0.25) is 0 Å². The third-order valence-corrected chi connectivity index (χ3v) is 2.40. The van der Waals surface area contributed by atoms with E-state index in [9.17, 15) is 8.78 Å². The molecule has 0 saturated heterocycles. The Kier molecular flexibility index (Phi) is 1.84. The molecule has 3 heteroatoms. The lowest BCUT2D eigenvalue weighted by Gasteiger charge is -2.29. The molecule has 0 aromatic heterocycles. The highest BCUT2D eigenvalue weighted by atomic mass is 19.1. The third kappa shape index (κ3) is 1.44. The van der Waals surface area contributed by atoms with Crippen molar-refractivity contribution >= 4 is 0 Å². The van der Waals surface area contributed by atoms with Crippen LogP contribution in [0, 0.1) is 5.82 Å². The van der Waals surface area contributed by atoms with E-state index in [0.717, 1.165) is 5.56 Å². The standard InChI is InChI=1S/C10H11F2N/c1-10(12)6-13-5-7-4-8(11)2-3-9(7)10/h2-4,13H,5-6H2,1H3. The van der Waals surface area contributed by atoms with Gasteiger partial charge in [0, 0.05) is 13.1 Å². The minimum Gasteiger partial charge on any atom is -0.309 e. The minimum atomic E-state index is -1.37. The quantitative estimate of drug-likeness (QED) is 0.649. The average molecular weight is 183 g/mol. The van der Waals surface area contributed by atoms with E-state index in [2.05, 4.69) is 5.32 Å². The fraction of sp³-hybridized carbons (Fsp3) is 0.400. The van der Waals surface area contributed by atoms with Crippen LogP contribution in [0.25, 0.3) is 0 Å². The molecule has 1 aliphatic rings. The summed E-state index contributed by atoms with van der Waals surface area (Å²) in [6.07, 6.45) is 0. The van der Waals surface area contributed by atoms with E-state index in [4.69, 9.17) is 0 Å². The molecule has 1 aromatic rings. The van der Waals surface area contributed by atoms with Crippen molar-refractivity contribution in [3.8, 4) is 0 Å². The van der Waals surface area contributed by atoms with E-state index in [1.165, 1.54) is 25.1 Å². The molecule has 1 heterocycles. The third-order valence-electron chi connectivity index (χ3n) is 2.40. The highest BCUT2D eigenvalue weighted by Gasteiger charge is 2.31. The number of nitrogens with one attached hydrogen (secondary N) is 1. The summed E-state index contributed by atoms with van der Waals surface area (Å²) in [7, 11) is 0. The van der Waals surface area contributed by atoms with Crippen LogP contribution in [-0.2, 0) is 12.2 Å². The zero-order chi connectivity index (χ0) is 9.47. The van der Waals surface area contributed by atoms with Crippen molar-refractivity contribution in [3.05, 3.63) is 35.1 Å². The van der Waals surface area contributed by atoms with Gasteiger partial charge in [0.15, 0.2) is 0 Å². The first kappa shape index (κ1) is 8.63. The Morgan fingerprint density at radius 2 is 2.23 bits per heavy atom. The Bertz CT molecular complexity index is 334. The van der Waals surface area contributed by atoms with Crippen LogP contribution in [0.2, 0.25) is 0 Å². The number of rotatable bonds is 0. The van der Waals surface area contributed by atoms with Crippen LogP contribution in [0.1, 0.15) is 18.1 Å². The zero-order valence-corrected chi connectivity index (χ0v) is 7.40. The zero-order valence-electron chi connectivity index (χ0n) is 7.40. The summed E-state index contributed by atoms with van der Waals surface area (Å²) in [4.78, 5) is 0. The Morgan fingerprint density at radius 1 is 1.46 bits per heavy atom. The minimum absolute atomic E-state index is 0.297. The van der Waals surface area contributed by atoms with Crippen LogP contribution in [-0.4, -0.2) is 6.54 Å². The largest absolute Gasteiger partial charge is 0.309 e. The summed E-state index contributed by atoms with van der Waals surface area (Å²) in [6, 6.07) is 4.23. The van der Waals surface area contributed by atoms with E-state index < -0.39 is 5.67 Å². The smallest absolute Gasteiger partial charge is 0.145 e. The second-order valence-electron chi connectivity index (χ2n) is 3.60. The Labute approximate surface area is 75.8 Å². The fourth-order valence-electron chi connectivity index (χ4n) is 1.74. The number of fused-ring (bicyclic) bond motifs is 1. The lowest BCUT2D eigenvalue weighted by atomic mass is 9.90. The predicted molar refractivity (Wildman–Crippen MR) is 46.6 cm³/mol. The SMILES string of the molecule is CC1(F)CNCc2cc(F)ccc21. The molecule has 2 rings (SSSR count). The molecule has 1 atom stereocenters. The Hall–Kier alpha value is -0.960. The van der Waals surface area contributed by atoms with Crippen LogP contribution in [0.5, 0.6) is 0 Å². The maximum atomic E-state index is 13.8. The number of alkyl halides is 1. The van der Waals surface area contributed by atoms with Gasteiger partial charge in [-0.05, 0) is 30.2 Å². The van der Waals surface area contributed by atoms with Crippen LogP contribution >= 0.6 is 0 Å². The van der Waals surface area contributed by atoms with E-state index in [-0.39, 0.29) is 5.82 Å². The molecule has 1 aliphatic heterocycles. The second kappa shape index (κ2) is 2.77. The van der Waals surface area contributed by atoms with Crippen LogP contribution in [0.15, 0.2) is 18.2 Å². The summed E-state index contributed by atoms with van der Waals surface area (Å²) >= 11 is 0. The number of benzene rings is 1. The average Bonchev–Trinajstić information content (AvgIpc) is 2.02. The van der Waals surface area contributed by atoms with Crippen molar-refractivity contribution < 1.29 is 8.78 Å². The van der Waals surface area contributed by atoms with E-state index >= 15 is 0 Å². The Morgan fingerprint density at radius 3 is 3.00 bits per heavy atom.